The third-order valence-electron chi connectivity index (χ3n) is 4.55. The minimum Gasteiger partial charge on any atom is -0.497 e. The van der Waals surface area contributed by atoms with Crippen LogP contribution in [0, 0.1) is 0 Å². The molecule has 0 bridgehead atoms. The summed E-state index contributed by atoms with van der Waals surface area (Å²) in [5, 5.41) is 13.5. The number of hydrogen-bond donors (Lipinski definition) is 3. The molecule has 3 N–H and O–H groups in total. The normalized spacial score (nSPS) is 12.0. The Morgan fingerprint density at radius 1 is 1.15 bits per heavy atom. The predicted octanol–water partition coefficient (Wildman–Crippen LogP) is 3.03. The number of hydrogen-bond acceptors (Lipinski definition) is 4. The number of H-pyrrole nitrogens is 1. The second kappa shape index (κ2) is 8.51. The van der Waals surface area contributed by atoms with Crippen molar-refractivity contribution in [3.63, 3.8) is 0 Å². The average Bonchev–Trinajstić information content (AvgIpc) is 3.10. The molecule has 0 spiro atoms. The summed E-state index contributed by atoms with van der Waals surface area (Å²) in [6, 6.07) is 13.9. The van der Waals surface area contributed by atoms with E-state index in [2.05, 4.69) is 10.3 Å². The summed E-state index contributed by atoms with van der Waals surface area (Å²) in [7, 11) is 1.57. The highest BCUT2D eigenvalue weighted by Gasteiger charge is 2.19. The number of Topliss-reactive ketones (excluding diaryl/α,β-unsaturated/α-hetero) is 1. The fourth-order valence-corrected chi connectivity index (χ4v) is 3.05. The smallest absolute Gasteiger partial charge is 0.321 e. The van der Waals surface area contributed by atoms with E-state index in [4.69, 9.17) is 4.74 Å². The molecule has 0 unspecified atom stereocenters. The molecule has 0 saturated heterocycles. The highest BCUT2D eigenvalue weighted by atomic mass is 16.5. The Hall–Kier alpha value is -3.12. The van der Waals surface area contributed by atoms with Gasteiger partial charge in [0.2, 0.25) is 0 Å². The van der Waals surface area contributed by atoms with E-state index in [1.807, 2.05) is 30.5 Å². The third-order valence-corrected chi connectivity index (χ3v) is 4.55. The zero-order valence-corrected chi connectivity index (χ0v) is 15.1. The topological polar surface area (TPSA) is 91.4 Å². The van der Waals surface area contributed by atoms with Crippen molar-refractivity contribution < 1.29 is 19.4 Å². The van der Waals surface area contributed by atoms with Crippen LogP contribution in [0.25, 0.3) is 10.9 Å². The van der Waals surface area contributed by atoms with E-state index in [-0.39, 0.29) is 12.2 Å². The highest BCUT2D eigenvalue weighted by molar-refractivity contribution is 5.96. The van der Waals surface area contributed by atoms with Crippen LogP contribution in [-0.4, -0.2) is 41.5 Å². The van der Waals surface area contributed by atoms with Gasteiger partial charge in [-0.3, -0.25) is 9.59 Å². The first-order valence-corrected chi connectivity index (χ1v) is 8.77. The molecule has 0 fully saturated rings. The number of fused-ring (bicyclic) bond motifs is 1. The first-order valence-electron chi connectivity index (χ1n) is 8.77. The molecular weight excluding hydrogens is 344 g/mol. The van der Waals surface area contributed by atoms with Crippen molar-refractivity contribution in [2.45, 2.75) is 18.9 Å². The minimum absolute atomic E-state index is 0.0404. The SMILES string of the molecule is COc1ccc(C(=O)CCN[C@@H](Cc2c[nH]c3ccccc23)C(=O)O)cc1. The van der Waals surface area contributed by atoms with Gasteiger partial charge in [0.25, 0.3) is 0 Å². The maximum atomic E-state index is 12.3. The quantitative estimate of drug-likeness (QED) is 0.506. The Balaban J connectivity index is 1.58. The monoisotopic (exact) mass is 366 g/mol. The van der Waals surface area contributed by atoms with Gasteiger partial charge in [-0.2, -0.15) is 0 Å². The molecule has 27 heavy (non-hydrogen) atoms. The lowest BCUT2D eigenvalue weighted by molar-refractivity contribution is -0.139. The van der Waals surface area contributed by atoms with Crippen molar-refractivity contribution in [1.82, 2.24) is 10.3 Å². The fraction of sp³-hybridized carbons (Fsp3) is 0.238. The number of ketones is 1. The number of aromatic amines is 1. The van der Waals surface area contributed by atoms with Crippen molar-refractivity contribution in [2.75, 3.05) is 13.7 Å². The van der Waals surface area contributed by atoms with E-state index in [1.54, 1.807) is 31.4 Å². The molecular formula is C21H22N2O4. The van der Waals surface area contributed by atoms with Crippen LogP contribution >= 0.6 is 0 Å². The Morgan fingerprint density at radius 3 is 2.59 bits per heavy atom. The van der Waals surface area contributed by atoms with Crippen molar-refractivity contribution in [2.24, 2.45) is 0 Å². The van der Waals surface area contributed by atoms with E-state index in [9.17, 15) is 14.7 Å². The lowest BCUT2D eigenvalue weighted by Gasteiger charge is -2.14. The van der Waals surface area contributed by atoms with Gasteiger partial charge < -0.3 is 20.1 Å². The molecule has 0 radical (unpaired) electrons. The molecule has 6 heteroatoms. The zero-order valence-electron chi connectivity index (χ0n) is 15.1. The van der Waals surface area contributed by atoms with E-state index in [1.165, 1.54) is 0 Å². The number of carbonyl (C=O) groups excluding carboxylic acids is 1. The number of carboxylic acids is 1. The number of benzene rings is 2. The molecule has 3 rings (SSSR count). The van der Waals surface area contributed by atoms with Gasteiger partial charge in [0.05, 0.1) is 7.11 Å². The molecule has 0 aliphatic rings. The van der Waals surface area contributed by atoms with Crippen LogP contribution in [0.1, 0.15) is 22.3 Å². The molecule has 0 saturated carbocycles. The number of rotatable bonds is 9. The molecule has 3 aromatic rings. The van der Waals surface area contributed by atoms with Crippen LogP contribution in [0.15, 0.2) is 54.7 Å². The van der Waals surface area contributed by atoms with Gasteiger partial charge in [0.15, 0.2) is 5.78 Å². The highest BCUT2D eigenvalue weighted by Crippen LogP contribution is 2.19. The van der Waals surface area contributed by atoms with E-state index >= 15 is 0 Å². The number of carbonyl (C=O) groups is 2. The lowest BCUT2D eigenvalue weighted by Crippen LogP contribution is -2.39. The summed E-state index contributed by atoms with van der Waals surface area (Å²) >= 11 is 0. The average molecular weight is 366 g/mol. The number of methoxy groups -OCH3 is 1. The van der Waals surface area contributed by atoms with Crippen molar-refractivity contribution >= 4 is 22.7 Å². The van der Waals surface area contributed by atoms with Crippen molar-refractivity contribution in [3.05, 3.63) is 65.9 Å². The molecule has 6 nitrogen and oxygen atoms in total. The Labute approximate surface area is 157 Å². The Bertz CT molecular complexity index is 931. The minimum atomic E-state index is -0.933. The van der Waals surface area contributed by atoms with E-state index in [0.717, 1.165) is 16.5 Å². The second-order valence-electron chi connectivity index (χ2n) is 6.31. The van der Waals surface area contributed by atoms with Crippen molar-refractivity contribution in [3.8, 4) is 5.75 Å². The molecule has 1 aromatic heterocycles. The Morgan fingerprint density at radius 2 is 1.89 bits per heavy atom. The van der Waals surface area contributed by atoms with Gasteiger partial charge in [-0.1, -0.05) is 18.2 Å². The number of nitrogens with one attached hydrogen (secondary N) is 2. The molecule has 0 amide bonds. The van der Waals surface area contributed by atoms with Gasteiger partial charge in [0, 0.05) is 42.0 Å². The fourth-order valence-electron chi connectivity index (χ4n) is 3.05. The summed E-state index contributed by atoms with van der Waals surface area (Å²) in [6.45, 7) is 0.296. The first-order chi connectivity index (χ1) is 13.1. The molecule has 0 aliphatic carbocycles. The van der Waals surface area contributed by atoms with Crippen LogP contribution in [0.3, 0.4) is 0 Å². The van der Waals surface area contributed by atoms with Gasteiger partial charge in [-0.05, 0) is 35.9 Å². The molecule has 1 heterocycles. The number of carboxylic acid groups (broad SMARTS) is 1. The van der Waals surface area contributed by atoms with Crippen LogP contribution < -0.4 is 10.1 Å². The molecule has 0 aliphatic heterocycles. The van der Waals surface area contributed by atoms with Gasteiger partial charge in [-0.15, -0.1) is 0 Å². The van der Waals surface area contributed by atoms with Gasteiger partial charge in [0.1, 0.15) is 11.8 Å². The molecule has 2 aromatic carbocycles. The van der Waals surface area contributed by atoms with Crippen LogP contribution in [0.2, 0.25) is 0 Å². The van der Waals surface area contributed by atoms with E-state index in [0.29, 0.717) is 24.3 Å². The summed E-state index contributed by atoms with van der Waals surface area (Å²) in [6.07, 6.45) is 2.41. The maximum Gasteiger partial charge on any atom is 0.321 e. The standard InChI is InChI=1S/C21H22N2O4/c1-27-16-8-6-14(7-9-16)20(24)10-11-22-19(21(25)26)12-15-13-23-18-5-3-2-4-17(15)18/h2-9,13,19,22-23H,10-12H2,1H3,(H,25,26)/t19-/m0/s1. The van der Waals surface area contributed by atoms with Gasteiger partial charge in [-0.25, -0.2) is 0 Å². The van der Waals surface area contributed by atoms with Crippen LogP contribution in [0.4, 0.5) is 0 Å². The molecule has 1 atom stereocenters. The summed E-state index contributed by atoms with van der Waals surface area (Å²) in [5.74, 6) is -0.284. The van der Waals surface area contributed by atoms with Crippen LogP contribution in [-0.2, 0) is 11.2 Å². The predicted molar refractivity (Wildman–Crippen MR) is 103 cm³/mol. The lowest BCUT2D eigenvalue weighted by atomic mass is 10.0. The van der Waals surface area contributed by atoms with E-state index < -0.39 is 12.0 Å². The second-order valence-corrected chi connectivity index (χ2v) is 6.31. The third kappa shape index (κ3) is 4.54. The summed E-state index contributed by atoms with van der Waals surface area (Å²) in [4.78, 5) is 27.0. The molecule has 140 valence electrons. The number of aliphatic carboxylic acids is 1. The summed E-state index contributed by atoms with van der Waals surface area (Å²) < 4.78 is 5.08. The Kier molecular flexibility index (Phi) is 5.88. The van der Waals surface area contributed by atoms with Crippen molar-refractivity contribution in [1.29, 1.82) is 0 Å². The number of ether oxygens (including phenoxy) is 1. The summed E-state index contributed by atoms with van der Waals surface area (Å²) in [5.41, 5.74) is 2.50. The first kappa shape index (κ1) is 18.7. The largest absolute Gasteiger partial charge is 0.497 e. The number of aromatic nitrogens is 1. The van der Waals surface area contributed by atoms with Gasteiger partial charge >= 0.3 is 5.97 Å². The van der Waals surface area contributed by atoms with Crippen LogP contribution in [0.5, 0.6) is 5.75 Å². The maximum absolute atomic E-state index is 12.3. The zero-order chi connectivity index (χ0) is 19.2. The number of para-hydroxylation sites is 1.